The zero-order valence-electron chi connectivity index (χ0n) is 43.8. The summed E-state index contributed by atoms with van der Waals surface area (Å²) >= 11 is 0. The van der Waals surface area contributed by atoms with E-state index in [9.17, 15) is 14.4 Å². The van der Waals surface area contributed by atoms with Crippen molar-refractivity contribution in [3.8, 4) is 0 Å². The van der Waals surface area contributed by atoms with Gasteiger partial charge in [0.25, 0.3) is 0 Å². The molecule has 1 atom stereocenters. The van der Waals surface area contributed by atoms with Gasteiger partial charge in [0.2, 0.25) is 0 Å². The van der Waals surface area contributed by atoms with Gasteiger partial charge in [-0.2, -0.15) is 0 Å². The molecule has 0 aliphatic carbocycles. The maximum atomic E-state index is 12.8. The highest BCUT2D eigenvalue weighted by molar-refractivity contribution is 5.71. The van der Waals surface area contributed by atoms with Crippen LogP contribution in [0.1, 0.15) is 316 Å². The molecular weight excluding hydrogens is 805 g/mol. The Bertz CT molecular complexity index is 1050. The summed E-state index contributed by atoms with van der Waals surface area (Å²) in [5.41, 5.74) is 0. The fourth-order valence-corrected chi connectivity index (χ4v) is 8.59. The normalized spacial score (nSPS) is 12.1. The van der Waals surface area contributed by atoms with E-state index in [0.717, 1.165) is 64.2 Å². The maximum absolute atomic E-state index is 12.8. The van der Waals surface area contributed by atoms with E-state index in [0.29, 0.717) is 19.3 Å². The molecule has 0 N–H and O–H groups in total. The highest BCUT2D eigenvalue weighted by Crippen LogP contribution is 2.17. The Labute approximate surface area is 404 Å². The fraction of sp³-hybridized carbons (Fsp3) is 0.881. The molecule has 0 rings (SSSR count). The molecule has 0 bridgehead atoms. The van der Waals surface area contributed by atoms with E-state index in [-0.39, 0.29) is 31.1 Å². The van der Waals surface area contributed by atoms with E-state index in [1.54, 1.807) is 0 Å². The molecule has 0 amide bonds. The molecule has 65 heavy (non-hydrogen) atoms. The summed E-state index contributed by atoms with van der Waals surface area (Å²) in [6.45, 7) is 6.66. The Hall–Kier alpha value is -2.11. The Morgan fingerprint density at radius 2 is 0.554 bits per heavy atom. The molecule has 6 heteroatoms. The zero-order valence-corrected chi connectivity index (χ0v) is 43.8. The summed E-state index contributed by atoms with van der Waals surface area (Å²) in [6, 6.07) is 0. The van der Waals surface area contributed by atoms with Crippen molar-refractivity contribution < 1.29 is 28.6 Å². The van der Waals surface area contributed by atoms with Crippen molar-refractivity contribution >= 4 is 17.9 Å². The summed E-state index contributed by atoms with van der Waals surface area (Å²) < 4.78 is 16.9. The lowest BCUT2D eigenvalue weighted by molar-refractivity contribution is -0.167. The zero-order chi connectivity index (χ0) is 47.2. The third-order valence-corrected chi connectivity index (χ3v) is 13.0. The van der Waals surface area contributed by atoms with Gasteiger partial charge in [-0.25, -0.2) is 0 Å². The largest absolute Gasteiger partial charge is 0.462 e. The molecule has 0 unspecified atom stereocenters. The minimum Gasteiger partial charge on any atom is -0.462 e. The molecule has 0 aromatic heterocycles. The van der Waals surface area contributed by atoms with Crippen LogP contribution in [0.2, 0.25) is 0 Å². The van der Waals surface area contributed by atoms with Gasteiger partial charge < -0.3 is 14.2 Å². The third-order valence-electron chi connectivity index (χ3n) is 13.0. The fourth-order valence-electron chi connectivity index (χ4n) is 8.59. The highest BCUT2D eigenvalue weighted by Gasteiger charge is 2.19. The molecule has 0 saturated heterocycles. The number of esters is 3. The molecule has 0 saturated carbocycles. The van der Waals surface area contributed by atoms with E-state index in [4.69, 9.17) is 14.2 Å². The number of ether oxygens (including phenoxy) is 3. The highest BCUT2D eigenvalue weighted by atomic mass is 16.6. The van der Waals surface area contributed by atoms with Crippen LogP contribution in [0.5, 0.6) is 0 Å². The number of unbranched alkanes of at least 4 members (excludes halogenated alkanes) is 38. The van der Waals surface area contributed by atoms with Crippen molar-refractivity contribution in [2.75, 3.05) is 13.2 Å². The van der Waals surface area contributed by atoms with Crippen molar-refractivity contribution in [2.45, 2.75) is 322 Å². The average molecular weight is 916 g/mol. The Morgan fingerprint density at radius 1 is 0.308 bits per heavy atom. The van der Waals surface area contributed by atoms with Crippen molar-refractivity contribution in [3.05, 3.63) is 24.3 Å². The minimum atomic E-state index is -0.767. The van der Waals surface area contributed by atoms with Crippen LogP contribution in [0, 0.1) is 0 Å². The smallest absolute Gasteiger partial charge is 0.306 e. The second kappa shape index (κ2) is 54.5. The standard InChI is InChI=1S/C59H110O6/c1-4-7-10-13-16-19-22-25-27-28-29-30-32-34-37-40-43-46-49-52-58(61)64-55-56(54-63-57(60)51-48-45-42-39-36-33-24-21-18-15-12-9-6-3)65-59(62)53-50-47-44-41-38-35-31-26-23-20-17-14-11-8-5-2/h16,19,25,27,56H,4-15,17-18,20-24,26,28-55H2,1-3H3/b19-16-,27-25-/t56-/m0/s1. The van der Waals surface area contributed by atoms with Gasteiger partial charge in [-0.05, 0) is 51.4 Å². The number of rotatable bonds is 53. The van der Waals surface area contributed by atoms with Crippen LogP contribution < -0.4 is 0 Å². The van der Waals surface area contributed by atoms with E-state index in [1.807, 2.05) is 0 Å². The van der Waals surface area contributed by atoms with Gasteiger partial charge in [-0.1, -0.05) is 270 Å². The maximum Gasteiger partial charge on any atom is 0.306 e. The average Bonchev–Trinajstić information content (AvgIpc) is 3.30. The molecule has 382 valence electrons. The topological polar surface area (TPSA) is 78.9 Å². The Balaban J connectivity index is 4.31. The van der Waals surface area contributed by atoms with Gasteiger partial charge >= 0.3 is 17.9 Å². The third kappa shape index (κ3) is 52.7. The van der Waals surface area contributed by atoms with E-state index in [1.165, 1.54) is 212 Å². The molecule has 0 aromatic carbocycles. The second-order valence-electron chi connectivity index (χ2n) is 19.6. The first-order valence-electron chi connectivity index (χ1n) is 28.8. The second-order valence-corrected chi connectivity index (χ2v) is 19.6. The van der Waals surface area contributed by atoms with Crippen LogP contribution in [0.25, 0.3) is 0 Å². The Kier molecular flexibility index (Phi) is 52.7. The first-order valence-corrected chi connectivity index (χ1v) is 28.8. The lowest BCUT2D eigenvalue weighted by atomic mass is 10.0. The van der Waals surface area contributed by atoms with Crippen LogP contribution in [0.15, 0.2) is 24.3 Å². The Morgan fingerprint density at radius 3 is 0.877 bits per heavy atom. The molecule has 0 aliphatic rings. The lowest BCUT2D eigenvalue weighted by Gasteiger charge is -2.18. The summed E-state index contributed by atoms with van der Waals surface area (Å²) in [5.74, 6) is -0.850. The lowest BCUT2D eigenvalue weighted by Crippen LogP contribution is -2.30. The van der Waals surface area contributed by atoms with Gasteiger partial charge in [0, 0.05) is 19.3 Å². The predicted octanol–water partition coefficient (Wildman–Crippen LogP) is 19.1. The summed E-state index contributed by atoms with van der Waals surface area (Å²) in [5, 5.41) is 0. The van der Waals surface area contributed by atoms with E-state index in [2.05, 4.69) is 45.1 Å². The van der Waals surface area contributed by atoms with Gasteiger partial charge in [0.15, 0.2) is 6.10 Å². The van der Waals surface area contributed by atoms with Gasteiger partial charge in [-0.3, -0.25) is 14.4 Å². The van der Waals surface area contributed by atoms with Crippen molar-refractivity contribution in [1.82, 2.24) is 0 Å². The van der Waals surface area contributed by atoms with Gasteiger partial charge in [0.1, 0.15) is 13.2 Å². The van der Waals surface area contributed by atoms with Crippen LogP contribution in [0.4, 0.5) is 0 Å². The molecule has 0 aliphatic heterocycles. The summed E-state index contributed by atoms with van der Waals surface area (Å²) in [7, 11) is 0. The molecule has 6 nitrogen and oxygen atoms in total. The van der Waals surface area contributed by atoms with Crippen molar-refractivity contribution in [3.63, 3.8) is 0 Å². The van der Waals surface area contributed by atoms with Crippen molar-refractivity contribution in [1.29, 1.82) is 0 Å². The number of hydrogen-bond acceptors (Lipinski definition) is 6. The van der Waals surface area contributed by atoms with Gasteiger partial charge in [0.05, 0.1) is 0 Å². The predicted molar refractivity (Wildman–Crippen MR) is 279 cm³/mol. The first-order chi connectivity index (χ1) is 32.0. The first kappa shape index (κ1) is 62.9. The minimum absolute atomic E-state index is 0.0668. The SMILES string of the molecule is CCCCC/C=C\C/C=C\CCCCCCCCCCCC(=O)OC[C@H](COC(=O)CCCCCCCCCCCCCCC)OC(=O)CCCCCCCCCCCCCCCCC. The molecule has 0 spiro atoms. The van der Waals surface area contributed by atoms with Crippen LogP contribution in [-0.2, 0) is 28.6 Å². The quantitative estimate of drug-likeness (QED) is 0.0262. The number of allylic oxidation sites excluding steroid dienone is 4. The van der Waals surface area contributed by atoms with Crippen LogP contribution in [0.3, 0.4) is 0 Å². The molecule has 0 heterocycles. The van der Waals surface area contributed by atoms with E-state index >= 15 is 0 Å². The molecule has 0 radical (unpaired) electrons. The van der Waals surface area contributed by atoms with Crippen LogP contribution >= 0.6 is 0 Å². The summed E-state index contributed by atoms with van der Waals surface area (Å²) in [6.07, 6.45) is 63.0. The monoisotopic (exact) mass is 915 g/mol. The number of carbonyl (C=O) groups is 3. The van der Waals surface area contributed by atoms with Crippen LogP contribution in [-0.4, -0.2) is 37.2 Å². The summed E-state index contributed by atoms with van der Waals surface area (Å²) in [4.78, 5) is 38.1. The molecular formula is C59H110O6. The molecule has 0 fully saturated rings. The van der Waals surface area contributed by atoms with E-state index < -0.39 is 6.10 Å². The molecule has 0 aromatic rings. The number of hydrogen-bond donors (Lipinski definition) is 0. The number of carbonyl (C=O) groups excluding carboxylic acids is 3. The van der Waals surface area contributed by atoms with Crippen molar-refractivity contribution in [2.24, 2.45) is 0 Å². The van der Waals surface area contributed by atoms with Gasteiger partial charge in [-0.15, -0.1) is 0 Å².